The van der Waals surface area contributed by atoms with E-state index in [1.807, 2.05) is 0 Å². The average molecular weight is 265 g/mol. The summed E-state index contributed by atoms with van der Waals surface area (Å²) in [6.07, 6.45) is 8.15. The molecule has 19 heavy (non-hydrogen) atoms. The second kappa shape index (κ2) is 5.80. The van der Waals surface area contributed by atoms with Crippen molar-refractivity contribution in [1.82, 2.24) is 10.2 Å². The maximum Gasteiger partial charge on any atom is 0.223 e. The van der Waals surface area contributed by atoms with E-state index >= 15 is 0 Å². The van der Waals surface area contributed by atoms with Gasteiger partial charge in [-0.15, -0.1) is 0 Å². The number of carbonyl (C=O) groups is 1. The van der Waals surface area contributed by atoms with Gasteiger partial charge in [-0.2, -0.15) is 0 Å². The molecule has 2 saturated heterocycles. The highest BCUT2D eigenvalue weighted by Gasteiger charge is 2.39. The Morgan fingerprint density at radius 2 is 2.05 bits per heavy atom. The van der Waals surface area contributed by atoms with Crippen molar-refractivity contribution >= 4 is 5.91 Å². The summed E-state index contributed by atoms with van der Waals surface area (Å²) >= 11 is 0. The Kier molecular flexibility index (Phi) is 4.08. The molecule has 3 N–H and O–H groups in total. The van der Waals surface area contributed by atoms with Crippen LogP contribution in [-0.4, -0.2) is 42.5 Å². The second-order valence-corrected chi connectivity index (χ2v) is 6.61. The molecule has 1 aliphatic carbocycles. The first-order valence-corrected chi connectivity index (χ1v) is 8.02. The van der Waals surface area contributed by atoms with Crippen molar-refractivity contribution in [2.75, 3.05) is 19.6 Å². The fraction of sp³-hybridized carbons (Fsp3) is 0.933. The quantitative estimate of drug-likeness (QED) is 0.803. The summed E-state index contributed by atoms with van der Waals surface area (Å²) in [4.78, 5) is 15.0. The van der Waals surface area contributed by atoms with Gasteiger partial charge in [0.15, 0.2) is 0 Å². The standard InChI is InChI=1S/C15H27N3O/c16-10-11-3-1-4-12(9-11)15(19)17-13-6-8-18-7-2-5-14(13)18/h11-14H,1-10,16H2,(H,17,19). The highest BCUT2D eigenvalue weighted by atomic mass is 16.2. The average Bonchev–Trinajstić information content (AvgIpc) is 3.04. The molecule has 3 aliphatic rings. The Labute approximate surface area is 116 Å². The number of nitrogens with two attached hydrogens (primary N) is 1. The lowest BCUT2D eigenvalue weighted by molar-refractivity contribution is -0.127. The number of carbonyl (C=O) groups excluding carboxylic acids is 1. The van der Waals surface area contributed by atoms with Gasteiger partial charge in [0.2, 0.25) is 5.91 Å². The third-order valence-corrected chi connectivity index (χ3v) is 5.42. The number of fused-ring (bicyclic) bond motifs is 1. The van der Waals surface area contributed by atoms with Gasteiger partial charge < -0.3 is 11.1 Å². The molecule has 0 aromatic carbocycles. The molecule has 0 bridgehead atoms. The topological polar surface area (TPSA) is 58.4 Å². The van der Waals surface area contributed by atoms with E-state index in [1.54, 1.807) is 0 Å². The van der Waals surface area contributed by atoms with Crippen molar-refractivity contribution in [3.05, 3.63) is 0 Å². The third-order valence-electron chi connectivity index (χ3n) is 5.42. The molecule has 108 valence electrons. The van der Waals surface area contributed by atoms with Crippen LogP contribution in [0.15, 0.2) is 0 Å². The van der Waals surface area contributed by atoms with Crippen molar-refractivity contribution in [3.63, 3.8) is 0 Å². The number of rotatable bonds is 3. The summed E-state index contributed by atoms with van der Waals surface area (Å²) in [5.74, 6) is 1.09. The zero-order chi connectivity index (χ0) is 13.2. The first kappa shape index (κ1) is 13.4. The number of nitrogens with zero attached hydrogens (tertiary/aromatic N) is 1. The Balaban J connectivity index is 1.53. The third kappa shape index (κ3) is 2.79. The fourth-order valence-electron chi connectivity index (χ4n) is 4.29. The Hall–Kier alpha value is -0.610. The molecule has 1 amide bonds. The Morgan fingerprint density at radius 1 is 1.16 bits per heavy atom. The largest absolute Gasteiger partial charge is 0.352 e. The van der Waals surface area contributed by atoms with Gasteiger partial charge in [-0.25, -0.2) is 0 Å². The molecular weight excluding hydrogens is 238 g/mol. The molecule has 4 unspecified atom stereocenters. The molecule has 4 atom stereocenters. The lowest BCUT2D eigenvalue weighted by atomic mass is 9.81. The van der Waals surface area contributed by atoms with Gasteiger partial charge in [0.25, 0.3) is 0 Å². The highest BCUT2D eigenvalue weighted by molar-refractivity contribution is 5.79. The van der Waals surface area contributed by atoms with Crippen LogP contribution in [0, 0.1) is 11.8 Å². The van der Waals surface area contributed by atoms with E-state index in [0.29, 0.717) is 23.9 Å². The van der Waals surface area contributed by atoms with E-state index in [0.717, 1.165) is 25.8 Å². The summed E-state index contributed by atoms with van der Waals surface area (Å²) in [6.45, 7) is 3.14. The van der Waals surface area contributed by atoms with Gasteiger partial charge in [0.1, 0.15) is 0 Å². The molecule has 4 nitrogen and oxygen atoms in total. The van der Waals surface area contributed by atoms with Crippen molar-refractivity contribution < 1.29 is 4.79 Å². The van der Waals surface area contributed by atoms with Crippen molar-refractivity contribution in [1.29, 1.82) is 0 Å². The van der Waals surface area contributed by atoms with E-state index in [-0.39, 0.29) is 5.92 Å². The smallest absolute Gasteiger partial charge is 0.223 e. The van der Waals surface area contributed by atoms with E-state index in [2.05, 4.69) is 10.2 Å². The zero-order valence-electron chi connectivity index (χ0n) is 11.8. The first-order chi connectivity index (χ1) is 9.28. The maximum atomic E-state index is 12.4. The first-order valence-electron chi connectivity index (χ1n) is 8.02. The van der Waals surface area contributed by atoms with E-state index in [1.165, 1.54) is 38.8 Å². The minimum absolute atomic E-state index is 0.220. The van der Waals surface area contributed by atoms with Crippen molar-refractivity contribution in [3.8, 4) is 0 Å². The van der Waals surface area contributed by atoms with Crippen LogP contribution in [0.1, 0.15) is 44.9 Å². The minimum Gasteiger partial charge on any atom is -0.352 e. The summed E-state index contributed by atoms with van der Waals surface area (Å²) in [5, 5.41) is 3.34. The number of hydrogen-bond donors (Lipinski definition) is 2. The van der Waals surface area contributed by atoms with Crippen LogP contribution in [-0.2, 0) is 4.79 Å². The molecule has 0 aromatic rings. The summed E-state index contributed by atoms with van der Waals surface area (Å²) in [7, 11) is 0. The molecule has 2 heterocycles. The number of nitrogens with one attached hydrogen (secondary N) is 1. The van der Waals surface area contributed by atoms with Gasteiger partial charge in [-0.05, 0) is 57.5 Å². The normalized spacial score (nSPS) is 39.2. The molecule has 3 rings (SSSR count). The summed E-state index contributed by atoms with van der Waals surface area (Å²) in [6, 6.07) is 1.03. The van der Waals surface area contributed by atoms with Crippen molar-refractivity contribution in [2.24, 2.45) is 17.6 Å². The second-order valence-electron chi connectivity index (χ2n) is 6.61. The zero-order valence-corrected chi connectivity index (χ0v) is 11.8. The van der Waals surface area contributed by atoms with E-state index in [4.69, 9.17) is 5.73 Å². The molecule has 0 radical (unpaired) electrons. The lowest BCUT2D eigenvalue weighted by Gasteiger charge is -2.29. The van der Waals surface area contributed by atoms with Gasteiger partial charge in [0.05, 0.1) is 0 Å². The molecule has 2 aliphatic heterocycles. The number of hydrogen-bond acceptors (Lipinski definition) is 3. The van der Waals surface area contributed by atoms with Crippen LogP contribution in [0.4, 0.5) is 0 Å². The molecule has 3 fully saturated rings. The van der Waals surface area contributed by atoms with Gasteiger partial charge in [0, 0.05) is 24.5 Å². The van der Waals surface area contributed by atoms with Crippen LogP contribution < -0.4 is 11.1 Å². The Bertz CT molecular complexity index is 333. The lowest BCUT2D eigenvalue weighted by Crippen LogP contribution is -2.45. The van der Waals surface area contributed by atoms with Crippen LogP contribution >= 0.6 is 0 Å². The summed E-state index contributed by atoms with van der Waals surface area (Å²) < 4.78 is 0. The molecule has 1 saturated carbocycles. The van der Waals surface area contributed by atoms with E-state index in [9.17, 15) is 4.79 Å². The monoisotopic (exact) mass is 265 g/mol. The molecule has 0 spiro atoms. The van der Waals surface area contributed by atoms with Crippen LogP contribution in [0.25, 0.3) is 0 Å². The maximum absolute atomic E-state index is 12.4. The van der Waals surface area contributed by atoms with Crippen LogP contribution in [0.3, 0.4) is 0 Å². The fourth-order valence-corrected chi connectivity index (χ4v) is 4.29. The van der Waals surface area contributed by atoms with Crippen LogP contribution in [0.2, 0.25) is 0 Å². The summed E-state index contributed by atoms with van der Waals surface area (Å²) in [5.41, 5.74) is 5.76. The SMILES string of the molecule is NCC1CCCC(C(=O)NC2CCN3CCCC23)C1. The van der Waals surface area contributed by atoms with Crippen molar-refractivity contribution in [2.45, 2.75) is 57.0 Å². The predicted molar refractivity (Wildman–Crippen MR) is 75.6 cm³/mol. The number of amides is 1. The highest BCUT2D eigenvalue weighted by Crippen LogP contribution is 2.31. The molecule has 4 heteroatoms. The molecular formula is C15H27N3O. The Morgan fingerprint density at radius 3 is 2.89 bits per heavy atom. The van der Waals surface area contributed by atoms with Gasteiger partial charge in [-0.1, -0.05) is 6.42 Å². The van der Waals surface area contributed by atoms with Gasteiger partial charge >= 0.3 is 0 Å². The van der Waals surface area contributed by atoms with Crippen LogP contribution in [0.5, 0.6) is 0 Å². The predicted octanol–water partition coefficient (Wildman–Crippen LogP) is 1.10. The van der Waals surface area contributed by atoms with Gasteiger partial charge in [-0.3, -0.25) is 9.69 Å². The minimum atomic E-state index is 0.220. The van der Waals surface area contributed by atoms with E-state index < -0.39 is 0 Å². The molecule has 0 aromatic heterocycles.